The number of pyridine rings is 1. The molecule has 3 aromatic rings. The van der Waals surface area contributed by atoms with Crippen molar-refractivity contribution in [2.75, 3.05) is 13.1 Å². The van der Waals surface area contributed by atoms with Gasteiger partial charge in [-0.05, 0) is 53.8 Å². The second-order valence-electron chi connectivity index (χ2n) is 8.36. The van der Waals surface area contributed by atoms with Crippen LogP contribution in [0.4, 0.5) is 0 Å². The van der Waals surface area contributed by atoms with E-state index in [-0.39, 0.29) is 11.6 Å². The van der Waals surface area contributed by atoms with E-state index in [1.807, 2.05) is 16.8 Å². The first-order chi connectivity index (χ1) is 13.7. The van der Waals surface area contributed by atoms with Crippen molar-refractivity contribution in [3.8, 4) is 0 Å². The molecule has 0 spiro atoms. The summed E-state index contributed by atoms with van der Waals surface area (Å²) in [5.41, 5.74) is 2.82. The summed E-state index contributed by atoms with van der Waals surface area (Å²) >= 11 is 0. The standard InChI is InChI=1S/C21H26N6O/c1-14-8-9-18-15(12-14)13-17(21(28)22-18)19(26-10-4-5-11-26)20-23-24-25-27(20)16-6-2-3-7-16/h8-9,12-13,16,19H,2-7,10-11H2,1H3,(H,22,28)/p+1/t19-/m1/s1. The number of quaternary nitrogens is 1. The van der Waals surface area contributed by atoms with E-state index in [0.717, 1.165) is 48.2 Å². The van der Waals surface area contributed by atoms with Crippen molar-refractivity contribution in [2.45, 2.75) is 57.5 Å². The first-order valence-electron chi connectivity index (χ1n) is 10.5. The van der Waals surface area contributed by atoms with Crippen molar-refractivity contribution in [1.82, 2.24) is 25.2 Å². The molecule has 28 heavy (non-hydrogen) atoms. The van der Waals surface area contributed by atoms with Crippen LogP contribution in [0.1, 0.15) is 67.6 Å². The highest BCUT2D eigenvalue weighted by Crippen LogP contribution is 2.31. The number of nitrogens with one attached hydrogen (secondary N) is 2. The summed E-state index contributed by atoms with van der Waals surface area (Å²) in [6.45, 7) is 4.18. The maximum atomic E-state index is 13.1. The van der Waals surface area contributed by atoms with Crippen LogP contribution in [0.3, 0.4) is 0 Å². The number of H-pyrrole nitrogens is 1. The van der Waals surface area contributed by atoms with E-state index in [0.29, 0.717) is 6.04 Å². The monoisotopic (exact) mass is 379 g/mol. The Kier molecular flexibility index (Phi) is 4.47. The predicted molar refractivity (Wildman–Crippen MR) is 106 cm³/mol. The molecule has 1 saturated carbocycles. The zero-order chi connectivity index (χ0) is 19.1. The molecule has 5 rings (SSSR count). The summed E-state index contributed by atoms with van der Waals surface area (Å²) in [5, 5.41) is 13.9. The molecule has 2 aliphatic rings. The van der Waals surface area contributed by atoms with Crippen LogP contribution in [-0.2, 0) is 0 Å². The molecule has 0 radical (unpaired) electrons. The van der Waals surface area contributed by atoms with Crippen LogP contribution in [0, 0.1) is 6.92 Å². The molecule has 0 unspecified atom stereocenters. The van der Waals surface area contributed by atoms with Gasteiger partial charge in [0.1, 0.15) is 0 Å². The molecule has 2 aromatic heterocycles. The number of aryl methyl sites for hydroxylation is 1. The van der Waals surface area contributed by atoms with Crippen molar-refractivity contribution in [1.29, 1.82) is 0 Å². The zero-order valence-electron chi connectivity index (χ0n) is 16.3. The molecule has 0 bridgehead atoms. The van der Waals surface area contributed by atoms with Gasteiger partial charge >= 0.3 is 0 Å². The Hall–Kier alpha value is -2.54. The minimum Gasteiger partial charge on any atom is -0.322 e. The Morgan fingerprint density at radius 3 is 2.71 bits per heavy atom. The largest absolute Gasteiger partial charge is 0.322 e. The fourth-order valence-corrected chi connectivity index (χ4v) is 5.02. The smallest absolute Gasteiger partial charge is 0.258 e. The van der Waals surface area contributed by atoms with Gasteiger partial charge in [-0.3, -0.25) is 4.79 Å². The topological polar surface area (TPSA) is 80.9 Å². The normalized spacial score (nSPS) is 19.6. The number of aromatic amines is 1. The first-order valence-corrected chi connectivity index (χ1v) is 10.5. The summed E-state index contributed by atoms with van der Waals surface area (Å²) in [7, 11) is 0. The van der Waals surface area contributed by atoms with Gasteiger partial charge < -0.3 is 9.88 Å². The van der Waals surface area contributed by atoms with E-state index >= 15 is 0 Å². The quantitative estimate of drug-likeness (QED) is 0.723. The SMILES string of the molecule is Cc1ccc2[nH]c(=O)c([C@H](c3nnnn3C3CCCC3)[NH+]3CCCC3)cc2c1. The third-order valence-corrected chi connectivity index (χ3v) is 6.44. The Balaban J connectivity index is 1.66. The molecule has 1 atom stereocenters. The first kappa shape index (κ1) is 17.6. The highest BCUT2D eigenvalue weighted by Gasteiger charge is 2.37. The van der Waals surface area contributed by atoms with Crippen molar-refractivity contribution in [2.24, 2.45) is 0 Å². The number of aromatic nitrogens is 5. The van der Waals surface area contributed by atoms with Crippen molar-refractivity contribution in [3.63, 3.8) is 0 Å². The minimum atomic E-state index is -0.119. The van der Waals surface area contributed by atoms with Crippen LogP contribution >= 0.6 is 0 Å². The van der Waals surface area contributed by atoms with E-state index in [1.54, 1.807) is 0 Å². The van der Waals surface area contributed by atoms with Gasteiger partial charge in [0.05, 0.1) is 24.7 Å². The van der Waals surface area contributed by atoms with Gasteiger partial charge in [-0.15, -0.1) is 5.10 Å². The minimum absolute atomic E-state index is 0.0262. The van der Waals surface area contributed by atoms with Gasteiger partial charge in [0, 0.05) is 18.4 Å². The lowest BCUT2D eigenvalue weighted by Crippen LogP contribution is -3.10. The van der Waals surface area contributed by atoms with Crippen molar-refractivity contribution in [3.05, 3.63) is 51.6 Å². The molecular formula is C21H27N6O+. The Morgan fingerprint density at radius 1 is 1.14 bits per heavy atom. The molecule has 1 aliphatic heterocycles. The summed E-state index contributed by atoms with van der Waals surface area (Å²) in [6.07, 6.45) is 7.05. The number of benzene rings is 1. The number of fused-ring (bicyclic) bond motifs is 1. The molecule has 146 valence electrons. The van der Waals surface area contributed by atoms with Crippen LogP contribution in [-0.4, -0.2) is 38.3 Å². The summed E-state index contributed by atoms with van der Waals surface area (Å²) in [6, 6.07) is 8.44. The van der Waals surface area contributed by atoms with Gasteiger partial charge in [0.2, 0.25) is 5.82 Å². The maximum absolute atomic E-state index is 13.1. The Bertz CT molecular complexity index is 1040. The second kappa shape index (κ2) is 7.13. The fraction of sp³-hybridized carbons (Fsp3) is 0.524. The molecular weight excluding hydrogens is 352 g/mol. The lowest BCUT2D eigenvalue weighted by molar-refractivity contribution is -0.914. The highest BCUT2D eigenvalue weighted by atomic mass is 16.1. The Labute approximate surface area is 163 Å². The Morgan fingerprint density at radius 2 is 1.93 bits per heavy atom. The van der Waals surface area contributed by atoms with Crippen LogP contribution in [0.25, 0.3) is 10.9 Å². The summed E-state index contributed by atoms with van der Waals surface area (Å²) in [4.78, 5) is 17.6. The van der Waals surface area contributed by atoms with Gasteiger partial charge in [-0.25, -0.2) is 4.68 Å². The number of rotatable bonds is 4. The molecule has 7 heteroatoms. The lowest BCUT2D eigenvalue weighted by atomic mass is 10.0. The van der Waals surface area contributed by atoms with Crippen LogP contribution < -0.4 is 10.5 Å². The fourth-order valence-electron chi connectivity index (χ4n) is 5.02. The molecule has 2 N–H and O–H groups in total. The van der Waals surface area contributed by atoms with Crippen molar-refractivity contribution < 1.29 is 4.90 Å². The average molecular weight is 379 g/mol. The second-order valence-corrected chi connectivity index (χ2v) is 8.36. The highest BCUT2D eigenvalue weighted by molar-refractivity contribution is 5.79. The van der Waals surface area contributed by atoms with Gasteiger partial charge in [-0.2, -0.15) is 0 Å². The van der Waals surface area contributed by atoms with Crippen LogP contribution in [0.15, 0.2) is 29.1 Å². The predicted octanol–water partition coefficient (Wildman–Crippen LogP) is 1.71. The van der Waals surface area contributed by atoms with Gasteiger partial charge in [0.25, 0.3) is 5.56 Å². The summed E-state index contributed by atoms with van der Waals surface area (Å²) < 4.78 is 2.02. The molecule has 1 aliphatic carbocycles. The van der Waals surface area contributed by atoms with E-state index in [1.165, 1.54) is 36.1 Å². The lowest BCUT2D eigenvalue weighted by Gasteiger charge is -2.25. The molecule has 3 heterocycles. The number of hydrogen-bond acceptors (Lipinski definition) is 4. The maximum Gasteiger partial charge on any atom is 0.258 e. The molecule has 0 amide bonds. The summed E-state index contributed by atoms with van der Waals surface area (Å²) in [5.74, 6) is 0.848. The number of hydrogen-bond donors (Lipinski definition) is 2. The van der Waals surface area contributed by atoms with E-state index in [2.05, 4.69) is 39.6 Å². The van der Waals surface area contributed by atoms with E-state index < -0.39 is 0 Å². The van der Waals surface area contributed by atoms with Gasteiger partial charge in [-0.1, -0.05) is 24.5 Å². The van der Waals surface area contributed by atoms with Crippen LogP contribution in [0.5, 0.6) is 0 Å². The molecule has 7 nitrogen and oxygen atoms in total. The zero-order valence-corrected chi connectivity index (χ0v) is 16.3. The third-order valence-electron chi connectivity index (χ3n) is 6.44. The molecule has 1 saturated heterocycles. The van der Waals surface area contributed by atoms with E-state index in [4.69, 9.17) is 0 Å². The number of likely N-dealkylation sites (tertiary alicyclic amines) is 1. The van der Waals surface area contributed by atoms with E-state index in [9.17, 15) is 4.79 Å². The average Bonchev–Trinajstić information content (AvgIpc) is 3.45. The number of tetrazole rings is 1. The molecule has 2 fully saturated rings. The molecule has 1 aromatic carbocycles. The van der Waals surface area contributed by atoms with Gasteiger partial charge in [0.15, 0.2) is 6.04 Å². The number of nitrogens with zero attached hydrogens (tertiary/aromatic N) is 4. The van der Waals surface area contributed by atoms with Crippen LogP contribution in [0.2, 0.25) is 0 Å². The third kappa shape index (κ3) is 3.03. The van der Waals surface area contributed by atoms with Crippen molar-refractivity contribution >= 4 is 10.9 Å².